The zero-order valence-electron chi connectivity index (χ0n) is 15.2. The number of carbonyl (C=O) groups is 1. The van der Waals surface area contributed by atoms with Gasteiger partial charge in [-0.2, -0.15) is 0 Å². The molecule has 1 aliphatic rings. The lowest BCUT2D eigenvalue weighted by molar-refractivity contribution is -0.120. The van der Waals surface area contributed by atoms with E-state index in [1.807, 2.05) is 31.1 Å². The van der Waals surface area contributed by atoms with Crippen molar-refractivity contribution in [3.63, 3.8) is 0 Å². The van der Waals surface area contributed by atoms with E-state index in [1.54, 1.807) is 36.4 Å². The average Bonchev–Trinajstić information content (AvgIpc) is 2.96. The first-order valence-corrected chi connectivity index (χ1v) is 10.6. The van der Waals surface area contributed by atoms with Crippen LogP contribution < -0.4 is 9.62 Å². The summed E-state index contributed by atoms with van der Waals surface area (Å²) in [7, 11) is 0.455. The summed E-state index contributed by atoms with van der Waals surface area (Å²) in [5, 5.41) is 3.51. The van der Waals surface area contributed by atoms with Crippen LogP contribution in [0.15, 0.2) is 48.5 Å². The third-order valence-electron chi connectivity index (χ3n) is 4.47. The molecule has 1 saturated heterocycles. The minimum atomic E-state index is -3.21. The molecule has 1 amide bonds. The average molecular weight is 408 g/mol. The second-order valence-electron chi connectivity index (χ2n) is 6.70. The van der Waals surface area contributed by atoms with Crippen molar-refractivity contribution < 1.29 is 13.2 Å². The van der Waals surface area contributed by atoms with Gasteiger partial charge in [0.1, 0.15) is 6.04 Å². The van der Waals surface area contributed by atoms with Crippen LogP contribution in [-0.4, -0.2) is 45.6 Å². The fourth-order valence-electron chi connectivity index (χ4n) is 3.18. The van der Waals surface area contributed by atoms with Gasteiger partial charge in [0.25, 0.3) is 0 Å². The van der Waals surface area contributed by atoms with E-state index in [-0.39, 0.29) is 11.7 Å². The first-order chi connectivity index (χ1) is 12.8. The highest BCUT2D eigenvalue weighted by Crippen LogP contribution is 2.26. The SMILES string of the molecule is CN(C)[C@@H](C(=O)Nc1ccc(N2CCCS2(=O)=O)cc1)c1ccc(Cl)cc1. The van der Waals surface area contributed by atoms with Crippen LogP contribution in [0.2, 0.25) is 5.02 Å². The Bertz CT molecular complexity index is 912. The van der Waals surface area contributed by atoms with Gasteiger partial charge >= 0.3 is 0 Å². The molecule has 1 heterocycles. The van der Waals surface area contributed by atoms with E-state index in [0.717, 1.165) is 5.56 Å². The van der Waals surface area contributed by atoms with Gasteiger partial charge in [-0.15, -0.1) is 0 Å². The van der Waals surface area contributed by atoms with Gasteiger partial charge in [-0.3, -0.25) is 14.0 Å². The van der Waals surface area contributed by atoms with Gasteiger partial charge in [-0.25, -0.2) is 8.42 Å². The molecular formula is C19H22ClN3O3S. The van der Waals surface area contributed by atoms with E-state index in [2.05, 4.69) is 5.32 Å². The van der Waals surface area contributed by atoms with Crippen LogP contribution in [0.5, 0.6) is 0 Å². The molecule has 27 heavy (non-hydrogen) atoms. The van der Waals surface area contributed by atoms with Gasteiger partial charge in [-0.1, -0.05) is 23.7 Å². The zero-order chi connectivity index (χ0) is 19.6. The molecule has 3 rings (SSSR count). The Labute approximate surface area is 164 Å². The minimum absolute atomic E-state index is 0.177. The molecule has 0 radical (unpaired) electrons. The van der Waals surface area contributed by atoms with Crippen molar-refractivity contribution in [2.75, 3.05) is 36.0 Å². The predicted molar refractivity (Wildman–Crippen MR) is 109 cm³/mol. The number of nitrogens with zero attached hydrogens (tertiary/aromatic N) is 2. The quantitative estimate of drug-likeness (QED) is 0.826. The summed E-state index contributed by atoms with van der Waals surface area (Å²) in [5.74, 6) is 0.000697. The number of rotatable bonds is 5. The molecule has 1 atom stereocenters. The molecule has 144 valence electrons. The Morgan fingerprint density at radius 2 is 1.74 bits per heavy atom. The molecular weight excluding hydrogens is 386 g/mol. The van der Waals surface area contributed by atoms with Gasteiger partial charge in [0, 0.05) is 17.3 Å². The van der Waals surface area contributed by atoms with Crippen LogP contribution in [0.1, 0.15) is 18.0 Å². The number of halogens is 1. The largest absolute Gasteiger partial charge is 0.324 e. The standard InChI is InChI=1S/C19H22ClN3O3S/c1-22(2)18(14-4-6-15(20)7-5-14)19(24)21-16-8-10-17(11-9-16)23-12-3-13-27(23,25)26/h4-11,18H,3,12-13H2,1-2H3,(H,21,24)/t18-/m1/s1. The summed E-state index contributed by atoms with van der Waals surface area (Å²) in [6.07, 6.45) is 0.631. The van der Waals surface area contributed by atoms with Gasteiger partial charge in [0.15, 0.2) is 0 Å². The Hall–Kier alpha value is -2.09. The van der Waals surface area contributed by atoms with E-state index in [0.29, 0.717) is 29.4 Å². The van der Waals surface area contributed by atoms with Crippen molar-refractivity contribution in [1.29, 1.82) is 0 Å². The molecule has 0 saturated carbocycles. The molecule has 6 nitrogen and oxygen atoms in total. The Kier molecular flexibility index (Phi) is 5.74. The van der Waals surface area contributed by atoms with E-state index >= 15 is 0 Å². The number of hydrogen-bond acceptors (Lipinski definition) is 4. The molecule has 1 fully saturated rings. The molecule has 1 N–H and O–H groups in total. The summed E-state index contributed by atoms with van der Waals surface area (Å²) >= 11 is 5.93. The molecule has 0 spiro atoms. The van der Waals surface area contributed by atoms with Gasteiger partial charge in [-0.05, 0) is 62.5 Å². The highest BCUT2D eigenvalue weighted by molar-refractivity contribution is 7.93. The van der Waals surface area contributed by atoms with Crippen molar-refractivity contribution in [1.82, 2.24) is 4.90 Å². The lowest BCUT2D eigenvalue weighted by Crippen LogP contribution is -2.32. The molecule has 0 aliphatic carbocycles. The first-order valence-electron chi connectivity index (χ1n) is 8.61. The first kappa shape index (κ1) is 19.7. The summed E-state index contributed by atoms with van der Waals surface area (Å²) in [5.41, 5.74) is 2.06. The van der Waals surface area contributed by atoms with E-state index < -0.39 is 16.1 Å². The Morgan fingerprint density at radius 3 is 2.26 bits per heavy atom. The third kappa shape index (κ3) is 4.43. The fourth-order valence-corrected chi connectivity index (χ4v) is 4.87. The maximum absolute atomic E-state index is 12.8. The van der Waals surface area contributed by atoms with Crippen LogP contribution in [0, 0.1) is 0 Å². The van der Waals surface area contributed by atoms with Crippen LogP contribution in [0.3, 0.4) is 0 Å². The highest BCUT2D eigenvalue weighted by atomic mass is 35.5. The molecule has 0 bridgehead atoms. The van der Waals surface area contributed by atoms with E-state index in [9.17, 15) is 13.2 Å². The monoisotopic (exact) mass is 407 g/mol. The van der Waals surface area contributed by atoms with Crippen molar-refractivity contribution in [2.24, 2.45) is 0 Å². The number of benzene rings is 2. The van der Waals surface area contributed by atoms with Crippen LogP contribution >= 0.6 is 11.6 Å². The van der Waals surface area contributed by atoms with E-state index in [4.69, 9.17) is 11.6 Å². The highest BCUT2D eigenvalue weighted by Gasteiger charge is 2.28. The summed E-state index contributed by atoms with van der Waals surface area (Å²) < 4.78 is 25.4. The number of anilines is 2. The Balaban J connectivity index is 1.75. The second-order valence-corrected chi connectivity index (χ2v) is 9.14. The maximum atomic E-state index is 12.8. The maximum Gasteiger partial charge on any atom is 0.246 e. The van der Waals surface area contributed by atoms with Crippen molar-refractivity contribution in [3.05, 3.63) is 59.1 Å². The molecule has 0 aromatic heterocycles. The topological polar surface area (TPSA) is 69.7 Å². The molecule has 0 unspecified atom stereocenters. The Morgan fingerprint density at radius 1 is 1.11 bits per heavy atom. The van der Waals surface area contributed by atoms with Crippen LogP contribution in [0.4, 0.5) is 11.4 Å². The lowest BCUT2D eigenvalue weighted by Gasteiger charge is -2.24. The minimum Gasteiger partial charge on any atom is -0.324 e. The summed E-state index contributed by atoms with van der Waals surface area (Å²) in [4.78, 5) is 14.6. The smallest absolute Gasteiger partial charge is 0.246 e. The van der Waals surface area contributed by atoms with Crippen molar-refractivity contribution >= 4 is 38.9 Å². The lowest BCUT2D eigenvalue weighted by atomic mass is 10.1. The number of nitrogens with one attached hydrogen (secondary N) is 1. The number of likely N-dealkylation sites (N-methyl/N-ethyl adjacent to an activating group) is 1. The molecule has 8 heteroatoms. The van der Waals surface area contributed by atoms with Crippen molar-refractivity contribution in [3.8, 4) is 0 Å². The third-order valence-corrected chi connectivity index (χ3v) is 6.59. The molecule has 2 aromatic rings. The summed E-state index contributed by atoms with van der Waals surface area (Å²) in [6, 6.07) is 13.6. The fraction of sp³-hybridized carbons (Fsp3) is 0.316. The van der Waals surface area contributed by atoms with Crippen LogP contribution in [0.25, 0.3) is 0 Å². The van der Waals surface area contributed by atoms with Crippen molar-refractivity contribution in [2.45, 2.75) is 12.5 Å². The van der Waals surface area contributed by atoms with Gasteiger partial charge in [0.05, 0.1) is 11.4 Å². The normalized spacial score (nSPS) is 17.1. The van der Waals surface area contributed by atoms with Crippen LogP contribution in [-0.2, 0) is 14.8 Å². The molecule has 1 aliphatic heterocycles. The number of sulfonamides is 1. The number of hydrogen-bond donors (Lipinski definition) is 1. The van der Waals surface area contributed by atoms with Gasteiger partial charge in [0.2, 0.25) is 15.9 Å². The predicted octanol–water partition coefficient (Wildman–Crippen LogP) is 3.12. The van der Waals surface area contributed by atoms with E-state index in [1.165, 1.54) is 4.31 Å². The number of carbonyl (C=O) groups excluding carboxylic acids is 1. The number of amides is 1. The zero-order valence-corrected chi connectivity index (χ0v) is 16.8. The summed E-state index contributed by atoms with van der Waals surface area (Å²) in [6.45, 7) is 0.493. The van der Waals surface area contributed by atoms with Gasteiger partial charge < -0.3 is 5.32 Å². The second kappa shape index (κ2) is 7.88. The molecule has 2 aromatic carbocycles.